The summed E-state index contributed by atoms with van der Waals surface area (Å²) in [5.74, 6) is 0.857. The van der Waals surface area contributed by atoms with Crippen molar-refractivity contribution in [2.75, 3.05) is 0 Å². The number of pyridine rings is 1. The molecule has 1 aromatic carbocycles. The molecule has 0 saturated carbocycles. The third kappa shape index (κ3) is 4.10. The van der Waals surface area contributed by atoms with E-state index >= 15 is 0 Å². The molecular weight excluding hydrogens is 242 g/mol. The monoisotopic (exact) mass is 257 g/mol. The summed E-state index contributed by atoms with van der Waals surface area (Å²) in [4.78, 5) is 15.3. The number of hydrogen-bond acceptors (Lipinski definition) is 4. The number of aromatic nitrogens is 1. The van der Waals surface area contributed by atoms with E-state index in [-0.39, 0.29) is 5.97 Å². The summed E-state index contributed by atoms with van der Waals surface area (Å²) < 4.78 is 10.7. The van der Waals surface area contributed by atoms with Crippen molar-refractivity contribution < 1.29 is 14.3 Å². The summed E-state index contributed by atoms with van der Waals surface area (Å²) in [6, 6.07) is 12.8. The van der Waals surface area contributed by atoms with E-state index in [1.807, 2.05) is 24.3 Å². The SMILES string of the molecule is CCC(=O)Oc1cccc(COc2ccccn2)c1. The summed E-state index contributed by atoms with van der Waals surface area (Å²) in [6.07, 6.45) is 2.03. The first kappa shape index (κ1) is 13.1. The van der Waals surface area contributed by atoms with Gasteiger partial charge in [-0.15, -0.1) is 0 Å². The van der Waals surface area contributed by atoms with Crippen molar-refractivity contribution >= 4 is 5.97 Å². The van der Waals surface area contributed by atoms with Crippen LogP contribution in [0.2, 0.25) is 0 Å². The molecule has 2 aromatic rings. The Labute approximate surface area is 112 Å². The molecule has 0 bridgehead atoms. The molecule has 0 unspecified atom stereocenters. The molecule has 0 radical (unpaired) electrons. The molecule has 0 atom stereocenters. The summed E-state index contributed by atoms with van der Waals surface area (Å²) in [5, 5.41) is 0. The molecule has 0 saturated heterocycles. The minimum atomic E-state index is -0.247. The van der Waals surface area contributed by atoms with E-state index in [1.54, 1.807) is 31.3 Å². The van der Waals surface area contributed by atoms with Gasteiger partial charge in [0.25, 0.3) is 0 Å². The van der Waals surface area contributed by atoms with Crippen molar-refractivity contribution in [3.05, 3.63) is 54.2 Å². The Morgan fingerprint density at radius 1 is 1.21 bits per heavy atom. The lowest BCUT2D eigenvalue weighted by atomic mass is 10.2. The normalized spacial score (nSPS) is 9.95. The molecule has 1 aromatic heterocycles. The fourth-order valence-corrected chi connectivity index (χ4v) is 1.49. The van der Waals surface area contributed by atoms with Crippen molar-refractivity contribution in [2.45, 2.75) is 20.0 Å². The second-order valence-corrected chi connectivity index (χ2v) is 3.93. The number of esters is 1. The van der Waals surface area contributed by atoms with E-state index in [0.717, 1.165) is 5.56 Å². The molecule has 0 spiro atoms. The van der Waals surface area contributed by atoms with Gasteiger partial charge in [-0.1, -0.05) is 25.1 Å². The first-order valence-corrected chi connectivity index (χ1v) is 6.11. The zero-order valence-corrected chi connectivity index (χ0v) is 10.7. The first-order valence-electron chi connectivity index (χ1n) is 6.11. The predicted octanol–water partition coefficient (Wildman–Crippen LogP) is 2.98. The molecule has 0 fully saturated rings. The Balaban J connectivity index is 1.97. The number of hydrogen-bond donors (Lipinski definition) is 0. The van der Waals surface area contributed by atoms with Crippen molar-refractivity contribution in [2.24, 2.45) is 0 Å². The lowest BCUT2D eigenvalue weighted by molar-refractivity contribution is -0.134. The molecule has 4 nitrogen and oxygen atoms in total. The lowest BCUT2D eigenvalue weighted by Gasteiger charge is -2.07. The third-order valence-electron chi connectivity index (χ3n) is 2.44. The number of carbonyl (C=O) groups excluding carboxylic acids is 1. The standard InChI is InChI=1S/C15H15NO3/c1-2-15(17)19-13-7-5-6-12(10-13)11-18-14-8-3-4-9-16-14/h3-10H,2,11H2,1H3. The van der Waals surface area contributed by atoms with Crippen LogP contribution in [0.3, 0.4) is 0 Å². The van der Waals surface area contributed by atoms with Crippen LogP contribution in [-0.4, -0.2) is 11.0 Å². The molecule has 98 valence electrons. The molecule has 19 heavy (non-hydrogen) atoms. The van der Waals surface area contributed by atoms with Gasteiger partial charge in [0.1, 0.15) is 12.4 Å². The number of benzene rings is 1. The molecule has 0 aliphatic heterocycles. The van der Waals surface area contributed by atoms with Crippen LogP contribution < -0.4 is 9.47 Å². The quantitative estimate of drug-likeness (QED) is 0.610. The molecule has 4 heteroatoms. The molecule has 0 N–H and O–H groups in total. The highest BCUT2D eigenvalue weighted by Crippen LogP contribution is 2.15. The van der Waals surface area contributed by atoms with Crippen LogP contribution in [0.1, 0.15) is 18.9 Å². The van der Waals surface area contributed by atoms with E-state index in [4.69, 9.17) is 9.47 Å². The zero-order chi connectivity index (χ0) is 13.5. The van der Waals surface area contributed by atoms with Crippen molar-refractivity contribution in [1.29, 1.82) is 0 Å². The van der Waals surface area contributed by atoms with Gasteiger partial charge >= 0.3 is 5.97 Å². The van der Waals surface area contributed by atoms with Crippen LogP contribution in [0, 0.1) is 0 Å². The number of rotatable bonds is 5. The second-order valence-electron chi connectivity index (χ2n) is 3.93. The summed E-state index contributed by atoms with van der Waals surface area (Å²) in [5.41, 5.74) is 0.923. The van der Waals surface area contributed by atoms with E-state index in [0.29, 0.717) is 24.7 Å². The second kappa shape index (κ2) is 6.54. The highest BCUT2D eigenvalue weighted by molar-refractivity contribution is 5.71. The maximum Gasteiger partial charge on any atom is 0.310 e. The van der Waals surface area contributed by atoms with Crippen molar-refractivity contribution in [1.82, 2.24) is 4.98 Å². The topological polar surface area (TPSA) is 48.4 Å². The van der Waals surface area contributed by atoms with Gasteiger partial charge < -0.3 is 9.47 Å². The Kier molecular flexibility index (Phi) is 4.50. The van der Waals surface area contributed by atoms with Crippen LogP contribution in [0.4, 0.5) is 0 Å². The largest absolute Gasteiger partial charge is 0.473 e. The van der Waals surface area contributed by atoms with Crippen LogP contribution in [0.25, 0.3) is 0 Å². The predicted molar refractivity (Wildman–Crippen MR) is 70.9 cm³/mol. The van der Waals surface area contributed by atoms with E-state index in [2.05, 4.69) is 4.98 Å². The van der Waals surface area contributed by atoms with E-state index < -0.39 is 0 Å². The van der Waals surface area contributed by atoms with E-state index in [1.165, 1.54) is 0 Å². The van der Waals surface area contributed by atoms with Gasteiger partial charge in [0.05, 0.1) is 0 Å². The van der Waals surface area contributed by atoms with Gasteiger partial charge in [0, 0.05) is 18.7 Å². The highest BCUT2D eigenvalue weighted by Gasteiger charge is 2.03. The van der Waals surface area contributed by atoms with Crippen LogP contribution in [0.15, 0.2) is 48.7 Å². The first-order chi connectivity index (χ1) is 9.28. The maximum atomic E-state index is 11.2. The smallest absolute Gasteiger partial charge is 0.310 e. The number of ether oxygens (including phenoxy) is 2. The minimum absolute atomic E-state index is 0.247. The number of carbonyl (C=O) groups is 1. The molecule has 0 aliphatic carbocycles. The van der Waals surface area contributed by atoms with Gasteiger partial charge in [-0.2, -0.15) is 0 Å². The third-order valence-corrected chi connectivity index (χ3v) is 2.44. The van der Waals surface area contributed by atoms with Gasteiger partial charge in [0.2, 0.25) is 5.88 Å². The van der Waals surface area contributed by atoms with Crippen LogP contribution in [-0.2, 0) is 11.4 Å². The summed E-state index contributed by atoms with van der Waals surface area (Å²) >= 11 is 0. The summed E-state index contributed by atoms with van der Waals surface area (Å²) in [6.45, 7) is 2.14. The Bertz CT molecular complexity index is 540. The maximum absolute atomic E-state index is 11.2. The zero-order valence-electron chi connectivity index (χ0n) is 10.7. The minimum Gasteiger partial charge on any atom is -0.473 e. The van der Waals surface area contributed by atoms with Gasteiger partial charge in [-0.3, -0.25) is 4.79 Å². The van der Waals surface area contributed by atoms with Crippen LogP contribution >= 0.6 is 0 Å². The molecule has 0 amide bonds. The fraction of sp³-hybridized carbons (Fsp3) is 0.200. The van der Waals surface area contributed by atoms with Gasteiger partial charge in [-0.25, -0.2) is 4.98 Å². The van der Waals surface area contributed by atoms with Crippen molar-refractivity contribution in [3.8, 4) is 11.6 Å². The molecular formula is C15H15NO3. The summed E-state index contributed by atoms with van der Waals surface area (Å²) in [7, 11) is 0. The Morgan fingerprint density at radius 2 is 2.11 bits per heavy atom. The molecule has 0 aliphatic rings. The van der Waals surface area contributed by atoms with Gasteiger partial charge in [0.15, 0.2) is 0 Å². The van der Waals surface area contributed by atoms with Gasteiger partial charge in [-0.05, 0) is 23.8 Å². The molecule has 2 rings (SSSR count). The van der Waals surface area contributed by atoms with E-state index in [9.17, 15) is 4.79 Å². The van der Waals surface area contributed by atoms with Crippen molar-refractivity contribution in [3.63, 3.8) is 0 Å². The van der Waals surface area contributed by atoms with Crippen LogP contribution in [0.5, 0.6) is 11.6 Å². The average Bonchev–Trinajstić information content (AvgIpc) is 2.46. The number of nitrogens with zero attached hydrogens (tertiary/aromatic N) is 1. The Morgan fingerprint density at radius 3 is 2.84 bits per heavy atom. The Hall–Kier alpha value is -2.36. The average molecular weight is 257 g/mol. The highest BCUT2D eigenvalue weighted by atomic mass is 16.5. The lowest BCUT2D eigenvalue weighted by Crippen LogP contribution is -2.06. The fourth-order valence-electron chi connectivity index (χ4n) is 1.49. The molecule has 1 heterocycles.